The van der Waals surface area contributed by atoms with E-state index in [0.717, 1.165) is 42.3 Å². The first-order valence-electron chi connectivity index (χ1n) is 6.43. The summed E-state index contributed by atoms with van der Waals surface area (Å²) in [6.45, 7) is 1.85. The van der Waals surface area contributed by atoms with Gasteiger partial charge in [-0.05, 0) is 55.0 Å². The van der Waals surface area contributed by atoms with Crippen molar-refractivity contribution in [1.82, 2.24) is 0 Å². The van der Waals surface area contributed by atoms with Crippen molar-refractivity contribution in [3.8, 4) is 0 Å². The molecule has 0 spiro atoms. The minimum Gasteiger partial charge on any atom is -0.399 e. The number of benzene rings is 2. The van der Waals surface area contributed by atoms with E-state index in [9.17, 15) is 0 Å². The molecule has 0 bridgehead atoms. The second-order valence-electron chi connectivity index (χ2n) is 4.45. The third-order valence-electron chi connectivity index (χ3n) is 2.83. The van der Waals surface area contributed by atoms with Gasteiger partial charge in [0.25, 0.3) is 0 Å². The molecule has 0 radical (unpaired) electrons. The Labute approximate surface area is 162 Å². The van der Waals surface area contributed by atoms with Crippen LogP contribution in [0.3, 0.4) is 0 Å². The number of anilines is 4. The van der Waals surface area contributed by atoms with E-state index >= 15 is 0 Å². The first-order chi connectivity index (χ1) is 9.24. The van der Waals surface area contributed by atoms with Crippen LogP contribution in [0.2, 0.25) is 0 Å². The molecule has 0 unspecified atom stereocenters. The third kappa shape index (κ3) is 10.2. The molecule has 2 aromatic rings. The Morgan fingerprint density at radius 1 is 0.565 bits per heavy atom. The van der Waals surface area contributed by atoms with Crippen LogP contribution in [-0.2, 0) is 0 Å². The highest BCUT2D eigenvalue weighted by molar-refractivity contribution is 5.86. The van der Waals surface area contributed by atoms with E-state index in [4.69, 9.17) is 11.5 Å². The highest BCUT2D eigenvalue weighted by Crippen LogP contribution is 2.11. The fourth-order valence-corrected chi connectivity index (χ4v) is 1.76. The van der Waals surface area contributed by atoms with Crippen LogP contribution in [0.4, 0.5) is 22.7 Å². The number of halogens is 4. The van der Waals surface area contributed by atoms with Gasteiger partial charge in [-0.2, -0.15) is 0 Å². The molecule has 0 fully saturated rings. The summed E-state index contributed by atoms with van der Waals surface area (Å²) in [4.78, 5) is 0. The molecule has 6 N–H and O–H groups in total. The summed E-state index contributed by atoms with van der Waals surface area (Å²) in [7, 11) is 0. The van der Waals surface area contributed by atoms with Gasteiger partial charge >= 0.3 is 0 Å². The largest absolute Gasteiger partial charge is 0.399 e. The molecule has 0 aromatic heterocycles. The Balaban J connectivity index is -0.000001000. The quantitative estimate of drug-likeness (QED) is 0.426. The molecule has 4 nitrogen and oxygen atoms in total. The van der Waals surface area contributed by atoms with Crippen molar-refractivity contribution in [2.45, 2.75) is 6.42 Å². The van der Waals surface area contributed by atoms with Crippen LogP contribution >= 0.6 is 49.6 Å². The molecular weight excluding hydrogens is 378 g/mol. The van der Waals surface area contributed by atoms with E-state index in [1.54, 1.807) is 0 Å². The van der Waals surface area contributed by atoms with E-state index in [1.165, 1.54) is 0 Å². The summed E-state index contributed by atoms with van der Waals surface area (Å²) < 4.78 is 0. The number of nitrogens with one attached hydrogen (secondary N) is 2. The maximum atomic E-state index is 5.63. The summed E-state index contributed by atoms with van der Waals surface area (Å²) in [5, 5.41) is 6.70. The van der Waals surface area contributed by atoms with E-state index < -0.39 is 0 Å². The summed E-state index contributed by atoms with van der Waals surface area (Å²) in [6.07, 6.45) is 1.04. The molecule has 8 heteroatoms. The second-order valence-corrected chi connectivity index (χ2v) is 4.45. The maximum Gasteiger partial charge on any atom is 0.0341 e. The van der Waals surface area contributed by atoms with Gasteiger partial charge in [-0.1, -0.05) is 0 Å². The zero-order valence-electron chi connectivity index (χ0n) is 12.5. The highest BCUT2D eigenvalue weighted by Gasteiger charge is 1.93. The molecular formula is C15H24Cl4N4. The molecule has 0 atom stereocenters. The monoisotopic (exact) mass is 400 g/mol. The molecule has 0 saturated heterocycles. The van der Waals surface area contributed by atoms with Crippen molar-refractivity contribution in [2.24, 2.45) is 0 Å². The van der Waals surface area contributed by atoms with Crippen LogP contribution in [0.5, 0.6) is 0 Å². The number of hydrogen-bond acceptors (Lipinski definition) is 4. The lowest BCUT2D eigenvalue weighted by Gasteiger charge is -2.08. The molecule has 0 aliphatic heterocycles. The zero-order valence-corrected chi connectivity index (χ0v) is 15.8. The number of rotatable bonds is 6. The lowest BCUT2D eigenvalue weighted by atomic mass is 10.2. The number of nitrogens with two attached hydrogens (primary N) is 2. The van der Waals surface area contributed by atoms with Crippen LogP contribution < -0.4 is 22.1 Å². The lowest BCUT2D eigenvalue weighted by Crippen LogP contribution is -2.09. The number of nitrogen functional groups attached to an aromatic ring is 2. The van der Waals surface area contributed by atoms with Gasteiger partial charge in [-0.15, -0.1) is 49.6 Å². The Hall–Kier alpha value is -1.20. The molecule has 0 aliphatic carbocycles. The second kappa shape index (κ2) is 14.4. The van der Waals surface area contributed by atoms with Crippen LogP contribution in [0.15, 0.2) is 48.5 Å². The molecule has 0 amide bonds. The van der Waals surface area contributed by atoms with Crippen molar-refractivity contribution in [2.75, 3.05) is 35.2 Å². The summed E-state index contributed by atoms with van der Waals surface area (Å²) in [6, 6.07) is 15.5. The Kier molecular flexibility index (Phi) is 16.7. The first kappa shape index (κ1) is 26.7. The van der Waals surface area contributed by atoms with E-state index in [1.807, 2.05) is 48.5 Å². The number of hydrogen-bond donors (Lipinski definition) is 4. The fourth-order valence-electron chi connectivity index (χ4n) is 1.76. The zero-order chi connectivity index (χ0) is 13.5. The molecule has 0 aliphatic rings. The van der Waals surface area contributed by atoms with Crippen molar-refractivity contribution >= 4 is 72.4 Å². The molecule has 0 heterocycles. The van der Waals surface area contributed by atoms with E-state index in [0.29, 0.717) is 0 Å². The molecule has 2 aromatic carbocycles. The third-order valence-corrected chi connectivity index (χ3v) is 2.83. The van der Waals surface area contributed by atoms with Gasteiger partial charge in [0.05, 0.1) is 0 Å². The standard InChI is InChI=1S/C15H20N4.4ClH/c16-12-2-6-14(7-3-12)18-10-1-11-19-15-8-4-13(17)5-9-15;;;;/h2-9,18-19H,1,10-11,16-17H2;4*1H. The molecule has 23 heavy (non-hydrogen) atoms. The summed E-state index contributed by atoms with van der Waals surface area (Å²) in [5.74, 6) is 0. The predicted molar refractivity (Wildman–Crippen MR) is 112 cm³/mol. The van der Waals surface area contributed by atoms with Gasteiger partial charge in [0.2, 0.25) is 0 Å². The predicted octanol–water partition coefficient (Wildman–Crippen LogP) is 4.45. The van der Waals surface area contributed by atoms with Crippen molar-refractivity contribution in [1.29, 1.82) is 0 Å². The van der Waals surface area contributed by atoms with E-state index in [2.05, 4.69) is 10.6 Å². The average Bonchev–Trinajstić information content (AvgIpc) is 2.43. The van der Waals surface area contributed by atoms with Gasteiger partial charge in [0, 0.05) is 35.8 Å². The van der Waals surface area contributed by atoms with Crippen LogP contribution in [-0.4, -0.2) is 13.1 Å². The first-order valence-corrected chi connectivity index (χ1v) is 6.43. The minimum atomic E-state index is 0. The normalized spacial score (nSPS) is 8.35. The average molecular weight is 402 g/mol. The molecule has 2 rings (SSSR count). The molecule has 132 valence electrons. The molecule has 0 saturated carbocycles. The van der Waals surface area contributed by atoms with E-state index in [-0.39, 0.29) is 49.6 Å². The van der Waals surface area contributed by atoms with Gasteiger partial charge in [0.15, 0.2) is 0 Å². The SMILES string of the molecule is Cl.Cl.Cl.Cl.Nc1ccc(NCCCNc2ccc(N)cc2)cc1. The highest BCUT2D eigenvalue weighted by atomic mass is 35.5. The topological polar surface area (TPSA) is 76.1 Å². The van der Waals surface area contributed by atoms with Gasteiger partial charge < -0.3 is 22.1 Å². The van der Waals surface area contributed by atoms with Gasteiger partial charge in [-0.25, -0.2) is 0 Å². The summed E-state index contributed by atoms with van der Waals surface area (Å²) in [5.41, 5.74) is 15.0. The summed E-state index contributed by atoms with van der Waals surface area (Å²) >= 11 is 0. The Morgan fingerprint density at radius 2 is 0.870 bits per heavy atom. The lowest BCUT2D eigenvalue weighted by molar-refractivity contribution is 0.909. The Morgan fingerprint density at radius 3 is 1.17 bits per heavy atom. The van der Waals surface area contributed by atoms with Crippen LogP contribution in [0, 0.1) is 0 Å². The minimum absolute atomic E-state index is 0. The maximum absolute atomic E-state index is 5.63. The Bertz CT molecular complexity index is 458. The van der Waals surface area contributed by atoms with Gasteiger partial charge in [-0.3, -0.25) is 0 Å². The smallest absolute Gasteiger partial charge is 0.0341 e. The van der Waals surface area contributed by atoms with Crippen LogP contribution in [0.25, 0.3) is 0 Å². The van der Waals surface area contributed by atoms with Crippen molar-refractivity contribution < 1.29 is 0 Å². The van der Waals surface area contributed by atoms with Gasteiger partial charge in [0.1, 0.15) is 0 Å². The van der Waals surface area contributed by atoms with Crippen LogP contribution in [0.1, 0.15) is 6.42 Å². The fraction of sp³-hybridized carbons (Fsp3) is 0.200. The van der Waals surface area contributed by atoms with Crippen molar-refractivity contribution in [3.05, 3.63) is 48.5 Å². The van der Waals surface area contributed by atoms with Crippen molar-refractivity contribution in [3.63, 3.8) is 0 Å².